The van der Waals surface area contributed by atoms with Crippen molar-refractivity contribution in [2.24, 2.45) is 0 Å². The molecule has 0 saturated carbocycles. The molecule has 12 nitrogen and oxygen atoms in total. The van der Waals surface area contributed by atoms with E-state index in [1.165, 1.54) is 0 Å². The lowest BCUT2D eigenvalue weighted by molar-refractivity contribution is 0.252. The minimum Gasteiger partial charge on any atom is -0.437 e. The van der Waals surface area contributed by atoms with Gasteiger partial charge in [0.25, 0.3) is 0 Å². The summed E-state index contributed by atoms with van der Waals surface area (Å²) in [7, 11) is -29.9. The maximum Gasteiger partial charge on any atom is 0.314 e. The van der Waals surface area contributed by atoms with Gasteiger partial charge < -0.3 is 49.4 Å². The van der Waals surface area contributed by atoms with E-state index in [0.717, 1.165) is 0 Å². The Labute approximate surface area is 329 Å². The summed E-state index contributed by atoms with van der Waals surface area (Å²) in [5, 5.41) is 0. The summed E-state index contributed by atoms with van der Waals surface area (Å²) in [5.74, 6) is 0. The van der Waals surface area contributed by atoms with Crippen LogP contribution in [0.3, 0.4) is 0 Å². The van der Waals surface area contributed by atoms with Gasteiger partial charge in [0.2, 0.25) is 9.76 Å². The normalized spacial score (nSPS) is 15.9. The van der Waals surface area contributed by atoms with Crippen LogP contribution in [-0.4, -0.2) is 112 Å². The summed E-state index contributed by atoms with van der Waals surface area (Å²) in [6, 6.07) is 0. The second kappa shape index (κ2) is 18.1. The van der Waals surface area contributed by atoms with Crippen LogP contribution in [0.2, 0.25) is 170 Å². The fourth-order valence-electron chi connectivity index (χ4n) is 7.13. The molecule has 51 heavy (non-hydrogen) atoms. The topological polar surface area (TPSA) is 111 Å². The van der Waals surface area contributed by atoms with E-state index in [0.29, 0.717) is 9.76 Å². The van der Waals surface area contributed by atoms with Crippen molar-refractivity contribution < 1.29 is 49.4 Å². The highest BCUT2D eigenvalue weighted by Crippen LogP contribution is 2.31. The zero-order chi connectivity index (χ0) is 41.2. The lowest BCUT2D eigenvalue weighted by atomic mass is 11.8. The summed E-state index contributed by atoms with van der Waals surface area (Å²) >= 11 is 0. The van der Waals surface area contributed by atoms with Crippen molar-refractivity contribution in [3.63, 3.8) is 0 Å². The predicted molar refractivity (Wildman–Crippen MR) is 240 cm³/mol. The Kier molecular flexibility index (Phi) is 18.9. The molecular formula is C26H78O12Si13. The van der Waals surface area contributed by atoms with Crippen LogP contribution in [0.1, 0.15) is 0 Å². The van der Waals surface area contributed by atoms with Crippen LogP contribution >= 0.6 is 0 Å². The minimum atomic E-state index is -2.72. The third-order valence-electron chi connectivity index (χ3n) is 5.82. The maximum atomic E-state index is 6.81. The lowest BCUT2D eigenvalue weighted by Gasteiger charge is -2.45. The quantitative estimate of drug-likeness (QED) is 0.0861. The monoisotopic (exact) mass is 946 g/mol. The largest absolute Gasteiger partial charge is 0.437 e. The van der Waals surface area contributed by atoms with Crippen molar-refractivity contribution in [3.8, 4) is 0 Å². The molecule has 0 spiro atoms. The van der Waals surface area contributed by atoms with Crippen molar-refractivity contribution in [3.05, 3.63) is 0 Å². The van der Waals surface area contributed by atoms with Gasteiger partial charge in [-0.15, -0.1) is 0 Å². The second-order valence-corrected chi connectivity index (χ2v) is 64.2. The van der Waals surface area contributed by atoms with Crippen LogP contribution < -0.4 is 0 Å². The van der Waals surface area contributed by atoms with E-state index in [1.807, 2.05) is 6.55 Å². The Morgan fingerprint density at radius 1 is 0.216 bits per heavy atom. The summed E-state index contributed by atoms with van der Waals surface area (Å²) < 4.78 is 79.5. The molecular weight excluding hydrogens is 869 g/mol. The van der Waals surface area contributed by atoms with Gasteiger partial charge in [-0.25, -0.2) is 0 Å². The molecule has 0 bridgehead atoms. The van der Waals surface area contributed by atoms with Crippen molar-refractivity contribution >= 4 is 112 Å². The fraction of sp³-hybridized carbons (Fsp3) is 1.00. The molecule has 0 fully saturated rings. The molecule has 306 valence electrons. The Morgan fingerprint density at radius 3 is 0.490 bits per heavy atom. The van der Waals surface area contributed by atoms with Crippen LogP contribution in [0.15, 0.2) is 0 Å². The molecule has 0 amide bonds. The van der Waals surface area contributed by atoms with E-state index >= 15 is 0 Å². The number of hydrogen-bond acceptors (Lipinski definition) is 12. The van der Waals surface area contributed by atoms with E-state index in [2.05, 4.69) is 164 Å². The van der Waals surface area contributed by atoms with Gasteiger partial charge in [0.05, 0.1) is 0 Å². The zero-order valence-electron chi connectivity index (χ0n) is 37.4. The Hall–Kier alpha value is 2.34. The first-order valence-electron chi connectivity index (χ1n) is 17.9. The molecule has 25 heteroatoms. The third kappa shape index (κ3) is 25.3. The minimum absolute atomic E-state index is 0.384. The third-order valence-corrected chi connectivity index (χ3v) is 52.3. The first-order valence-corrected chi connectivity index (χ1v) is 53.7. The van der Waals surface area contributed by atoms with Gasteiger partial charge in [0.15, 0.2) is 8.32 Å². The van der Waals surface area contributed by atoms with E-state index in [-0.39, 0.29) is 0 Å². The standard InChI is InChI=1S/C26H78O12Si13/c1-39-27-41(5,6)29-43(9,10)31-45(13,14)33-47(17,18)35-49(21,22)37-51(25,26)38-50(23,24)36-48(19,20)34-46(15,16)32-44(11,12)30-42(7,8)28-40(2,3)4/h1-26H3. The highest BCUT2D eigenvalue weighted by atomic mass is 28.5. The molecule has 0 N–H and O–H groups in total. The fourth-order valence-corrected chi connectivity index (χ4v) is 68.3. The molecule has 0 rings (SSSR count). The van der Waals surface area contributed by atoms with Gasteiger partial charge in [-0.1, -0.05) is 0 Å². The van der Waals surface area contributed by atoms with Gasteiger partial charge in [-0.05, 0) is 170 Å². The Balaban J connectivity index is 5.57. The highest BCUT2D eigenvalue weighted by molar-refractivity contribution is 6.93. The van der Waals surface area contributed by atoms with Crippen LogP contribution in [0, 0.1) is 0 Å². The van der Waals surface area contributed by atoms with E-state index in [9.17, 15) is 0 Å². The zero-order valence-corrected chi connectivity index (χ0v) is 50.4. The van der Waals surface area contributed by atoms with Crippen LogP contribution in [0.25, 0.3) is 0 Å². The molecule has 0 aromatic carbocycles. The Bertz CT molecular complexity index is 1110. The smallest absolute Gasteiger partial charge is 0.314 e. The Morgan fingerprint density at radius 2 is 0.353 bits per heavy atom. The molecule has 0 unspecified atom stereocenters. The van der Waals surface area contributed by atoms with E-state index < -0.39 is 102 Å². The van der Waals surface area contributed by atoms with Crippen LogP contribution in [0.5, 0.6) is 0 Å². The van der Waals surface area contributed by atoms with Crippen molar-refractivity contribution in [2.75, 3.05) is 0 Å². The van der Waals surface area contributed by atoms with Crippen molar-refractivity contribution in [2.45, 2.75) is 170 Å². The molecule has 0 aliphatic heterocycles. The average Bonchev–Trinajstić information content (AvgIpc) is 2.60. The summed E-state index contributed by atoms with van der Waals surface area (Å²) in [6.07, 6.45) is 0. The van der Waals surface area contributed by atoms with Crippen LogP contribution in [0.4, 0.5) is 0 Å². The predicted octanol–water partition coefficient (Wildman–Crippen LogP) is 9.41. The molecule has 2 radical (unpaired) electrons. The molecule has 0 saturated heterocycles. The van der Waals surface area contributed by atoms with Gasteiger partial charge >= 0.3 is 94.2 Å². The summed E-state index contributed by atoms with van der Waals surface area (Å²) in [4.78, 5) is 0. The first kappa shape index (κ1) is 53.3. The van der Waals surface area contributed by atoms with Gasteiger partial charge in [-0.3, -0.25) is 0 Å². The number of hydrogen-bond donors (Lipinski definition) is 0. The van der Waals surface area contributed by atoms with Crippen molar-refractivity contribution in [1.29, 1.82) is 0 Å². The lowest BCUT2D eigenvalue weighted by Crippen LogP contribution is -2.62. The van der Waals surface area contributed by atoms with Crippen molar-refractivity contribution in [1.82, 2.24) is 0 Å². The molecule has 0 heterocycles. The van der Waals surface area contributed by atoms with Crippen LogP contribution in [-0.2, 0) is 49.4 Å². The molecule has 0 aromatic heterocycles. The number of rotatable bonds is 24. The first-order chi connectivity index (χ1) is 21.8. The summed E-state index contributed by atoms with van der Waals surface area (Å²) in [6.45, 7) is 54.1. The van der Waals surface area contributed by atoms with Gasteiger partial charge in [-0.2, -0.15) is 0 Å². The maximum absolute atomic E-state index is 6.81. The van der Waals surface area contributed by atoms with Gasteiger partial charge in [0, 0.05) is 0 Å². The average molecular weight is 948 g/mol. The van der Waals surface area contributed by atoms with E-state index in [4.69, 9.17) is 49.4 Å². The highest BCUT2D eigenvalue weighted by Gasteiger charge is 2.51. The summed E-state index contributed by atoms with van der Waals surface area (Å²) in [5.41, 5.74) is 0. The molecule has 0 aliphatic carbocycles. The van der Waals surface area contributed by atoms with Gasteiger partial charge in [0.1, 0.15) is 0 Å². The SMILES string of the molecule is C[Si]O[Si](C)(C)O[Si](C)(C)O[Si](C)(C)O[Si](C)(C)O[Si](C)(C)O[Si](C)(C)O[Si](C)(C)O[Si](C)(C)O[Si](C)(C)O[Si](C)(C)O[Si](C)(C)O[Si](C)(C)C. The second-order valence-electron chi connectivity index (χ2n) is 18.9. The molecule has 0 aliphatic rings. The van der Waals surface area contributed by atoms with E-state index in [1.54, 1.807) is 0 Å². The molecule has 0 aromatic rings. The molecule has 0 atom stereocenters.